The monoisotopic (exact) mass is 281 g/mol. The van der Waals surface area contributed by atoms with Crippen molar-refractivity contribution in [2.45, 2.75) is 52.5 Å². The highest BCUT2D eigenvalue weighted by Crippen LogP contribution is 2.33. The van der Waals surface area contributed by atoms with Crippen molar-refractivity contribution < 1.29 is 0 Å². The Balaban J connectivity index is 1.82. The molecule has 3 nitrogen and oxygen atoms in total. The van der Waals surface area contributed by atoms with Gasteiger partial charge in [0.2, 0.25) is 0 Å². The molecule has 2 heterocycles. The van der Waals surface area contributed by atoms with Gasteiger partial charge >= 0.3 is 0 Å². The molecule has 0 aromatic rings. The summed E-state index contributed by atoms with van der Waals surface area (Å²) in [6.07, 6.45) is 5.46. The molecule has 2 rings (SSSR count). The third kappa shape index (κ3) is 4.19. The lowest BCUT2D eigenvalue weighted by Crippen LogP contribution is -2.49. The Bertz CT molecular complexity index is 276. The maximum absolute atomic E-state index is 3.58. The average Bonchev–Trinajstić information content (AvgIpc) is 2.48. The summed E-state index contributed by atoms with van der Waals surface area (Å²) in [4.78, 5) is 5.24. The van der Waals surface area contributed by atoms with E-state index in [-0.39, 0.29) is 0 Å². The highest BCUT2D eigenvalue weighted by Gasteiger charge is 2.33. The number of piperidine rings is 2. The first-order valence-corrected chi connectivity index (χ1v) is 8.66. The minimum atomic E-state index is 0.435. The first-order valence-electron chi connectivity index (χ1n) is 8.66. The Morgan fingerprint density at radius 1 is 1.20 bits per heavy atom. The molecule has 0 amide bonds. The van der Waals surface area contributed by atoms with Crippen LogP contribution in [0.1, 0.15) is 46.5 Å². The Kier molecular flexibility index (Phi) is 5.88. The molecule has 3 heteroatoms. The lowest BCUT2D eigenvalue weighted by atomic mass is 9.74. The van der Waals surface area contributed by atoms with E-state index in [1.165, 1.54) is 65.0 Å². The fourth-order valence-electron chi connectivity index (χ4n) is 4.10. The van der Waals surface area contributed by atoms with Crippen LogP contribution in [0.15, 0.2) is 0 Å². The van der Waals surface area contributed by atoms with E-state index in [1.807, 2.05) is 0 Å². The van der Waals surface area contributed by atoms with Crippen molar-refractivity contribution in [3.05, 3.63) is 0 Å². The summed E-state index contributed by atoms with van der Waals surface area (Å²) in [5.41, 5.74) is 0.435. The van der Waals surface area contributed by atoms with E-state index in [9.17, 15) is 0 Å². The smallest absolute Gasteiger partial charge is 0.0117 e. The van der Waals surface area contributed by atoms with Gasteiger partial charge in [-0.05, 0) is 76.8 Å². The summed E-state index contributed by atoms with van der Waals surface area (Å²) in [6, 6.07) is 0.800. The van der Waals surface area contributed by atoms with Crippen LogP contribution in [0.4, 0.5) is 0 Å². The van der Waals surface area contributed by atoms with Gasteiger partial charge in [-0.15, -0.1) is 0 Å². The van der Waals surface area contributed by atoms with Crippen LogP contribution in [0.25, 0.3) is 0 Å². The molecule has 0 spiro atoms. The van der Waals surface area contributed by atoms with E-state index in [0.717, 1.165) is 12.0 Å². The van der Waals surface area contributed by atoms with Crippen molar-refractivity contribution in [1.82, 2.24) is 15.1 Å². The van der Waals surface area contributed by atoms with Crippen molar-refractivity contribution in [1.29, 1.82) is 0 Å². The molecule has 0 bridgehead atoms. The first-order chi connectivity index (χ1) is 9.53. The molecule has 2 aliphatic rings. The van der Waals surface area contributed by atoms with Crippen molar-refractivity contribution in [3.8, 4) is 0 Å². The van der Waals surface area contributed by atoms with Gasteiger partial charge in [-0.1, -0.05) is 20.8 Å². The molecular formula is C17H35N3. The maximum Gasteiger partial charge on any atom is 0.0117 e. The zero-order chi connectivity index (χ0) is 14.6. The van der Waals surface area contributed by atoms with Gasteiger partial charge in [0.1, 0.15) is 0 Å². The molecule has 2 saturated heterocycles. The van der Waals surface area contributed by atoms with Crippen LogP contribution in [0, 0.1) is 11.3 Å². The molecule has 2 aliphatic heterocycles. The van der Waals surface area contributed by atoms with Gasteiger partial charge < -0.3 is 15.1 Å². The molecule has 1 N–H and O–H groups in total. The van der Waals surface area contributed by atoms with Gasteiger partial charge in [-0.3, -0.25) is 0 Å². The molecule has 0 radical (unpaired) electrons. The van der Waals surface area contributed by atoms with E-state index in [0.29, 0.717) is 5.41 Å². The second kappa shape index (κ2) is 7.24. The van der Waals surface area contributed by atoms with E-state index in [4.69, 9.17) is 0 Å². The number of nitrogens with zero attached hydrogens (tertiary/aromatic N) is 2. The Hall–Kier alpha value is -0.120. The van der Waals surface area contributed by atoms with Gasteiger partial charge in [0.05, 0.1) is 0 Å². The molecule has 0 aromatic heterocycles. The average molecular weight is 281 g/mol. The molecule has 0 aliphatic carbocycles. The third-order valence-corrected chi connectivity index (χ3v) is 5.69. The highest BCUT2D eigenvalue weighted by atomic mass is 15.2. The number of rotatable bonds is 5. The van der Waals surface area contributed by atoms with Gasteiger partial charge in [0, 0.05) is 12.6 Å². The summed E-state index contributed by atoms with van der Waals surface area (Å²) in [7, 11) is 2.35. The van der Waals surface area contributed by atoms with Gasteiger partial charge in [0.25, 0.3) is 0 Å². The number of nitrogens with one attached hydrogen (secondary N) is 1. The van der Waals surface area contributed by atoms with E-state index < -0.39 is 0 Å². The number of hydrogen-bond donors (Lipinski definition) is 1. The largest absolute Gasteiger partial charge is 0.316 e. The SMILES string of the molecule is CCN1CCC(N(C)CC(C)(C)C2CCCNC2)CC1. The normalized spacial score (nSPS) is 27.1. The lowest BCUT2D eigenvalue weighted by Gasteiger charge is -2.43. The second-order valence-electron chi connectivity index (χ2n) is 7.61. The van der Waals surface area contributed by atoms with Crippen LogP contribution < -0.4 is 5.32 Å². The Labute approximate surface area is 126 Å². The second-order valence-corrected chi connectivity index (χ2v) is 7.61. The van der Waals surface area contributed by atoms with Crippen LogP contribution in [0.5, 0.6) is 0 Å². The van der Waals surface area contributed by atoms with Gasteiger partial charge in [0.15, 0.2) is 0 Å². The minimum absolute atomic E-state index is 0.435. The summed E-state index contributed by atoms with van der Waals surface area (Å²) in [5.74, 6) is 0.842. The van der Waals surface area contributed by atoms with Crippen molar-refractivity contribution in [2.24, 2.45) is 11.3 Å². The van der Waals surface area contributed by atoms with E-state index in [2.05, 4.69) is 42.9 Å². The highest BCUT2D eigenvalue weighted by molar-refractivity contribution is 4.87. The van der Waals surface area contributed by atoms with Crippen LogP contribution >= 0.6 is 0 Å². The van der Waals surface area contributed by atoms with Crippen LogP contribution in [-0.4, -0.2) is 62.2 Å². The maximum atomic E-state index is 3.58. The standard InChI is InChI=1S/C17H35N3/c1-5-20-11-8-16(9-12-20)19(4)14-17(2,3)15-7-6-10-18-13-15/h15-16,18H,5-14H2,1-4H3. The lowest BCUT2D eigenvalue weighted by molar-refractivity contribution is 0.0643. The third-order valence-electron chi connectivity index (χ3n) is 5.69. The number of likely N-dealkylation sites (tertiary alicyclic amines) is 1. The number of hydrogen-bond acceptors (Lipinski definition) is 3. The van der Waals surface area contributed by atoms with Crippen molar-refractivity contribution in [2.75, 3.05) is 46.3 Å². The fourth-order valence-corrected chi connectivity index (χ4v) is 4.10. The Morgan fingerprint density at radius 3 is 2.45 bits per heavy atom. The molecule has 20 heavy (non-hydrogen) atoms. The topological polar surface area (TPSA) is 18.5 Å². The van der Waals surface area contributed by atoms with Gasteiger partial charge in [-0.2, -0.15) is 0 Å². The first kappa shape index (κ1) is 16.3. The summed E-state index contributed by atoms with van der Waals surface area (Å²) < 4.78 is 0. The quantitative estimate of drug-likeness (QED) is 0.835. The Morgan fingerprint density at radius 2 is 1.90 bits per heavy atom. The molecule has 1 unspecified atom stereocenters. The molecule has 1 atom stereocenters. The molecule has 2 fully saturated rings. The molecule has 0 aromatic carbocycles. The van der Waals surface area contributed by atoms with Crippen molar-refractivity contribution >= 4 is 0 Å². The summed E-state index contributed by atoms with van der Waals surface area (Å²) in [6.45, 7) is 14.7. The van der Waals surface area contributed by atoms with Gasteiger partial charge in [-0.25, -0.2) is 0 Å². The van der Waals surface area contributed by atoms with E-state index >= 15 is 0 Å². The van der Waals surface area contributed by atoms with Crippen molar-refractivity contribution in [3.63, 3.8) is 0 Å². The predicted octanol–water partition coefficient (Wildman–Crippen LogP) is 2.43. The predicted molar refractivity (Wildman–Crippen MR) is 87.1 cm³/mol. The molecular weight excluding hydrogens is 246 g/mol. The zero-order valence-corrected chi connectivity index (χ0v) is 14.1. The molecule has 118 valence electrons. The summed E-state index contributed by atoms with van der Waals surface area (Å²) >= 11 is 0. The van der Waals surface area contributed by atoms with E-state index in [1.54, 1.807) is 0 Å². The fraction of sp³-hybridized carbons (Fsp3) is 1.00. The molecule has 0 saturated carbocycles. The zero-order valence-electron chi connectivity index (χ0n) is 14.1. The summed E-state index contributed by atoms with van der Waals surface area (Å²) in [5, 5.41) is 3.58. The van der Waals surface area contributed by atoms with Crippen LogP contribution in [-0.2, 0) is 0 Å². The minimum Gasteiger partial charge on any atom is -0.316 e. The van der Waals surface area contributed by atoms with Crippen LogP contribution in [0.2, 0.25) is 0 Å². The van der Waals surface area contributed by atoms with Crippen LogP contribution in [0.3, 0.4) is 0 Å².